The molecule has 1 aromatic carbocycles. The number of aryl methyl sites for hydroxylation is 1. The van der Waals surface area contributed by atoms with Gasteiger partial charge in [0, 0.05) is 24.7 Å². The quantitative estimate of drug-likeness (QED) is 0.839. The Balaban J connectivity index is 2.29. The van der Waals surface area contributed by atoms with Crippen LogP contribution in [0.1, 0.15) is 25.3 Å². The van der Waals surface area contributed by atoms with Gasteiger partial charge in [-0.3, -0.25) is 4.79 Å². The molecule has 1 aromatic rings. The first-order chi connectivity index (χ1) is 7.72. The van der Waals surface area contributed by atoms with Gasteiger partial charge in [-0.2, -0.15) is 0 Å². The van der Waals surface area contributed by atoms with Crippen molar-refractivity contribution in [3.8, 4) is 0 Å². The van der Waals surface area contributed by atoms with Gasteiger partial charge in [0.05, 0.1) is 0 Å². The fraction of sp³-hybridized carbons (Fsp3) is 0.462. The monoisotopic (exact) mass is 218 g/mol. The lowest BCUT2D eigenvalue weighted by molar-refractivity contribution is -0.117. The molecule has 1 saturated heterocycles. The van der Waals surface area contributed by atoms with Crippen LogP contribution in [0.3, 0.4) is 0 Å². The fourth-order valence-electron chi connectivity index (χ4n) is 2.22. The highest BCUT2D eigenvalue weighted by atomic mass is 16.2. The Morgan fingerprint density at radius 1 is 1.44 bits per heavy atom. The highest BCUT2D eigenvalue weighted by Crippen LogP contribution is 2.25. The van der Waals surface area contributed by atoms with Crippen LogP contribution in [0.25, 0.3) is 0 Å². The second-order valence-corrected chi connectivity index (χ2v) is 4.35. The maximum absolute atomic E-state index is 11.8. The van der Waals surface area contributed by atoms with E-state index in [1.54, 1.807) is 0 Å². The van der Waals surface area contributed by atoms with Crippen LogP contribution in [0.5, 0.6) is 0 Å². The van der Waals surface area contributed by atoms with Crippen molar-refractivity contribution in [2.45, 2.75) is 32.2 Å². The van der Waals surface area contributed by atoms with E-state index in [9.17, 15) is 4.79 Å². The normalized spacial score (nSPS) is 20.5. The van der Waals surface area contributed by atoms with E-state index < -0.39 is 0 Å². The fourth-order valence-corrected chi connectivity index (χ4v) is 2.22. The molecule has 1 aliphatic rings. The minimum Gasteiger partial charge on any atom is -0.326 e. The summed E-state index contributed by atoms with van der Waals surface area (Å²) in [5, 5.41) is 0. The molecule has 1 amide bonds. The summed E-state index contributed by atoms with van der Waals surface area (Å²) < 4.78 is 0. The number of anilines is 1. The number of hydrogen-bond acceptors (Lipinski definition) is 2. The Morgan fingerprint density at radius 2 is 2.19 bits per heavy atom. The molecule has 0 aliphatic carbocycles. The maximum atomic E-state index is 11.8. The molecule has 0 aromatic heterocycles. The van der Waals surface area contributed by atoms with Crippen molar-refractivity contribution in [1.82, 2.24) is 0 Å². The molecule has 0 saturated carbocycles. The van der Waals surface area contributed by atoms with Crippen molar-refractivity contribution in [2.24, 2.45) is 5.73 Å². The van der Waals surface area contributed by atoms with Crippen LogP contribution in [0.2, 0.25) is 0 Å². The standard InChI is InChI=1S/C13H18N2O/c1-2-5-10-6-3-4-7-12(10)15-9-11(14)8-13(15)16/h3-4,6-7,11H,2,5,8-9,14H2,1H3. The highest BCUT2D eigenvalue weighted by molar-refractivity contribution is 5.96. The first-order valence-electron chi connectivity index (χ1n) is 5.86. The van der Waals surface area contributed by atoms with E-state index in [2.05, 4.69) is 13.0 Å². The Labute approximate surface area is 96.2 Å². The molecule has 0 radical (unpaired) electrons. The molecule has 16 heavy (non-hydrogen) atoms. The summed E-state index contributed by atoms with van der Waals surface area (Å²) in [6.07, 6.45) is 2.57. The van der Waals surface area contributed by atoms with Crippen LogP contribution in [0.4, 0.5) is 5.69 Å². The van der Waals surface area contributed by atoms with E-state index >= 15 is 0 Å². The first-order valence-corrected chi connectivity index (χ1v) is 5.86. The lowest BCUT2D eigenvalue weighted by Crippen LogP contribution is -2.28. The largest absolute Gasteiger partial charge is 0.326 e. The molecule has 1 unspecified atom stereocenters. The van der Waals surface area contributed by atoms with Crippen LogP contribution in [0, 0.1) is 0 Å². The van der Waals surface area contributed by atoms with Gasteiger partial charge < -0.3 is 10.6 Å². The molecule has 3 nitrogen and oxygen atoms in total. The van der Waals surface area contributed by atoms with E-state index in [1.807, 2.05) is 23.1 Å². The Hall–Kier alpha value is -1.35. The summed E-state index contributed by atoms with van der Waals surface area (Å²) in [5.74, 6) is 0.149. The third-order valence-electron chi connectivity index (χ3n) is 2.96. The second kappa shape index (κ2) is 4.66. The molecular formula is C13H18N2O. The third-order valence-corrected chi connectivity index (χ3v) is 2.96. The summed E-state index contributed by atoms with van der Waals surface area (Å²) in [4.78, 5) is 13.6. The molecule has 1 fully saturated rings. The van der Waals surface area contributed by atoms with Crippen molar-refractivity contribution < 1.29 is 4.79 Å². The van der Waals surface area contributed by atoms with Gasteiger partial charge in [-0.1, -0.05) is 31.5 Å². The van der Waals surface area contributed by atoms with Crippen molar-refractivity contribution in [3.05, 3.63) is 29.8 Å². The van der Waals surface area contributed by atoms with Crippen LogP contribution < -0.4 is 10.6 Å². The van der Waals surface area contributed by atoms with Crippen LogP contribution >= 0.6 is 0 Å². The van der Waals surface area contributed by atoms with Crippen molar-refractivity contribution >= 4 is 11.6 Å². The minimum atomic E-state index is -0.0119. The van der Waals surface area contributed by atoms with Crippen molar-refractivity contribution in [3.63, 3.8) is 0 Å². The highest BCUT2D eigenvalue weighted by Gasteiger charge is 2.28. The van der Waals surface area contributed by atoms with Crippen LogP contribution in [-0.4, -0.2) is 18.5 Å². The molecule has 0 spiro atoms. The lowest BCUT2D eigenvalue weighted by Gasteiger charge is -2.19. The Kier molecular flexibility index (Phi) is 3.25. The molecule has 3 heteroatoms. The van der Waals surface area contributed by atoms with Crippen molar-refractivity contribution in [1.29, 1.82) is 0 Å². The predicted octanol–water partition coefficient (Wildman–Crippen LogP) is 1.70. The van der Waals surface area contributed by atoms with Gasteiger partial charge in [-0.05, 0) is 18.1 Å². The number of carbonyl (C=O) groups is 1. The van der Waals surface area contributed by atoms with E-state index in [1.165, 1.54) is 5.56 Å². The number of rotatable bonds is 3. The summed E-state index contributed by atoms with van der Waals surface area (Å²) in [7, 11) is 0. The van der Waals surface area contributed by atoms with Crippen LogP contribution in [-0.2, 0) is 11.2 Å². The number of hydrogen-bond donors (Lipinski definition) is 1. The van der Waals surface area contributed by atoms with E-state index in [-0.39, 0.29) is 11.9 Å². The number of para-hydroxylation sites is 1. The molecule has 1 heterocycles. The first kappa shape index (κ1) is 11.1. The van der Waals surface area contributed by atoms with Gasteiger partial charge in [0.1, 0.15) is 0 Å². The minimum absolute atomic E-state index is 0.0119. The van der Waals surface area contributed by atoms with E-state index in [4.69, 9.17) is 5.73 Å². The zero-order valence-electron chi connectivity index (χ0n) is 9.65. The van der Waals surface area contributed by atoms with Gasteiger partial charge in [-0.25, -0.2) is 0 Å². The predicted molar refractivity (Wildman–Crippen MR) is 65.4 cm³/mol. The van der Waals surface area contributed by atoms with E-state index in [0.29, 0.717) is 13.0 Å². The summed E-state index contributed by atoms with van der Waals surface area (Å²) in [5.41, 5.74) is 8.10. The average Bonchev–Trinajstić information content (AvgIpc) is 2.59. The molecule has 86 valence electrons. The SMILES string of the molecule is CCCc1ccccc1N1CC(N)CC1=O. The summed E-state index contributed by atoms with van der Waals surface area (Å²) >= 11 is 0. The molecule has 1 aliphatic heterocycles. The molecule has 2 rings (SSSR count). The maximum Gasteiger partial charge on any atom is 0.228 e. The zero-order valence-corrected chi connectivity index (χ0v) is 9.65. The lowest BCUT2D eigenvalue weighted by atomic mass is 10.1. The molecular weight excluding hydrogens is 200 g/mol. The number of benzene rings is 1. The van der Waals surface area contributed by atoms with Crippen molar-refractivity contribution in [2.75, 3.05) is 11.4 Å². The molecule has 1 atom stereocenters. The third kappa shape index (κ3) is 2.09. The number of nitrogens with zero attached hydrogens (tertiary/aromatic N) is 1. The van der Waals surface area contributed by atoms with Crippen LogP contribution in [0.15, 0.2) is 24.3 Å². The van der Waals surface area contributed by atoms with Gasteiger partial charge in [0.2, 0.25) is 5.91 Å². The number of nitrogens with two attached hydrogens (primary N) is 1. The summed E-state index contributed by atoms with van der Waals surface area (Å²) in [6.45, 7) is 2.80. The number of carbonyl (C=O) groups excluding carboxylic acids is 1. The topological polar surface area (TPSA) is 46.3 Å². The Bertz CT molecular complexity index is 389. The molecule has 2 N–H and O–H groups in total. The van der Waals surface area contributed by atoms with Gasteiger partial charge >= 0.3 is 0 Å². The number of amides is 1. The van der Waals surface area contributed by atoms with Gasteiger partial charge in [0.15, 0.2) is 0 Å². The smallest absolute Gasteiger partial charge is 0.228 e. The van der Waals surface area contributed by atoms with Gasteiger partial charge in [0.25, 0.3) is 0 Å². The van der Waals surface area contributed by atoms with E-state index in [0.717, 1.165) is 18.5 Å². The van der Waals surface area contributed by atoms with Gasteiger partial charge in [-0.15, -0.1) is 0 Å². The summed E-state index contributed by atoms with van der Waals surface area (Å²) in [6, 6.07) is 8.10. The average molecular weight is 218 g/mol. The zero-order chi connectivity index (χ0) is 11.5. The Morgan fingerprint density at radius 3 is 2.81 bits per heavy atom. The molecule has 0 bridgehead atoms. The second-order valence-electron chi connectivity index (χ2n) is 4.35.